The van der Waals surface area contributed by atoms with Gasteiger partial charge < -0.3 is 5.73 Å². The summed E-state index contributed by atoms with van der Waals surface area (Å²) in [6.45, 7) is 11.1. The van der Waals surface area contributed by atoms with Crippen LogP contribution in [0.25, 0.3) is 0 Å². The predicted octanol–water partition coefficient (Wildman–Crippen LogP) is 1.84. The molecule has 0 aromatic carbocycles. The molecule has 1 fully saturated rings. The molecule has 2 nitrogen and oxygen atoms in total. The second-order valence-corrected chi connectivity index (χ2v) is 5.06. The van der Waals surface area contributed by atoms with Crippen LogP contribution in [-0.4, -0.2) is 30.1 Å². The van der Waals surface area contributed by atoms with Gasteiger partial charge in [-0.15, -0.1) is 0 Å². The Morgan fingerprint density at radius 3 is 1.85 bits per heavy atom. The van der Waals surface area contributed by atoms with Gasteiger partial charge in [-0.1, -0.05) is 0 Å². The highest BCUT2D eigenvalue weighted by molar-refractivity contribution is 4.97. The standard InChI is InChI=1S/C11H24N2/c1-9(2)13(10(3)4)8-11(7-12)5-6-11/h9-10H,5-8,12H2,1-4H3. The Morgan fingerprint density at radius 2 is 1.62 bits per heavy atom. The van der Waals surface area contributed by atoms with Crippen LogP contribution in [0, 0.1) is 5.41 Å². The molecule has 0 aromatic heterocycles. The molecule has 0 aromatic rings. The highest BCUT2D eigenvalue weighted by atomic mass is 15.2. The number of nitrogens with zero attached hydrogens (tertiary/aromatic N) is 1. The van der Waals surface area contributed by atoms with E-state index in [0.29, 0.717) is 17.5 Å². The molecule has 2 N–H and O–H groups in total. The lowest BCUT2D eigenvalue weighted by Gasteiger charge is -2.33. The zero-order valence-electron chi connectivity index (χ0n) is 9.51. The van der Waals surface area contributed by atoms with E-state index in [2.05, 4.69) is 32.6 Å². The minimum atomic E-state index is 0.481. The summed E-state index contributed by atoms with van der Waals surface area (Å²) in [5.41, 5.74) is 6.27. The van der Waals surface area contributed by atoms with Crippen molar-refractivity contribution in [3.63, 3.8) is 0 Å². The third-order valence-corrected chi connectivity index (χ3v) is 3.23. The highest BCUT2D eigenvalue weighted by Crippen LogP contribution is 2.45. The van der Waals surface area contributed by atoms with Crippen molar-refractivity contribution in [2.75, 3.05) is 13.1 Å². The fourth-order valence-electron chi connectivity index (χ4n) is 1.95. The molecule has 78 valence electrons. The molecule has 1 saturated carbocycles. The minimum absolute atomic E-state index is 0.481. The second kappa shape index (κ2) is 3.97. The van der Waals surface area contributed by atoms with Gasteiger partial charge in [-0.05, 0) is 52.5 Å². The first-order chi connectivity index (χ1) is 6.01. The first-order valence-electron chi connectivity index (χ1n) is 5.46. The summed E-state index contributed by atoms with van der Waals surface area (Å²) in [4.78, 5) is 2.56. The molecular formula is C11H24N2. The van der Waals surface area contributed by atoms with Crippen LogP contribution >= 0.6 is 0 Å². The molecule has 0 aliphatic heterocycles. The number of nitrogens with two attached hydrogens (primary N) is 1. The maximum absolute atomic E-state index is 5.79. The van der Waals surface area contributed by atoms with Gasteiger partial charge in [0.2, 0.25) is 0 Å². The summed E-state index contributed by atoms with van der Waals surface area (Å²) in [6.07, 6.45) is 2.67. The van der Waals surface area contributed by atoms with Crippen molar-refractivity contribution in [2.24, 2.45) is 11.1 Å². The molecule has 0 saturated heterocycles. The number of hydrogen-bond donors (Lipinski definition) is 1. The quantitative estimate of drug-likeness (QED) is 0.706. The molecular weight excluding hydrogens is 160 g/mol. The van der Waals surface area contributed by atoms with E-state index in [1.165, 1.54) is 19.4 Å². The predicted molar refractivity (Wildman–Crippen MR) is 57.7 cm³/mol. The van der Waals surface area contributed by atoms with Crippen molar-refractivity contribution in [1.82, 2.24) is 4.90 Å². The Balaban J connectivity index is 2.47. The van der Waals surface area contributed by atoms with Crippen molar-refractivity contribution in [1.29, 1.82) is 0 Å². The van der Waals surface area contributed by atoms with Gasteiger partial charge in [0.15, 0.2) is 0 Å². The van der Waals surface area contributed by atoms with Gasteiger partial charge in [0.05, 0.1) is 0 Å². The molecule has 0 radical (unpaired) electrons. The van der Waals surface area contributed by atoms with E-state index in [1.54, 1.807) is 0 Å². The zero-order chi connectivity index (χ0) is 10.1. The molecule has 0 bridgehead atoms. The SMILES string of the molecule is CC(C)N(CC1(CN)CC1)C(C)C. The van der Waals surface area contributed by atoms with Crippen molar-refractivity contribution < 1.29 is 0 Å². The van der Waals surface area contributed by atoms with Crippen LogP contribution in [0.4, 0.5) is 0 Å². The molecule has 0 atom stereocenters. The van der Waals surface area contributed by atoms with E-state index in [4.69, 9.17) is 5.73 Å². The van der Waals surface area contributed by atoms with E-state index in [-0.39, 0.29) is 0 Å². The van der Waals surface area contributed by atoms with Gasteiger partial charge in [0, 0.05) is 18.6 Å². The Bertz CT molecular complexity index is 151. The second-order valence-electron chi connectivity index (χ2n) is 5.06. The van der Waals surface area contributed by atoms with Crippen LogP contribution in [0.15, 0.2) is 0 Å². The first kappa shape index (κ1) is 11.0. The van der Waals surface area contributed by atoms with E-state index in [0.717, 1.165) is 6.54 Å². The highest BCUT2D eigenvalue weighted by Gasteiger charge is 2.43. The molecule has 2 heteroatoms. The lowest BCUT2D eigenvalue weighted by molar-refractivity contribution is 0.140. The summed E-state index contributed by atoms with van der Waals surface area (Å²) in [5.74, 6) is 0. The first-order valence-corrected chi connectivity index (χ1v) is 5.46. The van der Waals surface area contributed by atoms with E-state index in [1.807, 2.05) is 0 Å². The van der Waals surface area contributed by atoms with Crippen LogP contribution < -0.4 is 5.73 Å². The van der Waals surface area contributed by atoms with Crippen molar-refractivity contribution in [2.45, 2.75) is 52.6 Å². The summed E-state index contributed by atoms with van der Waals surface area (Å²) in [7, 11) is 0. The molecule has 1 rings (SSSR count). The largest absolute Gasteiger partial charge is 0.330 e. The average Bonchev–Trinajstić information content (AvgIpc) is 2.80. The van der Waals surface area contributed by atoms with Crippen LogP contribution in [0.3, 0.4) is 0 Å². The molecule has 13 heavy (non-hydrogen) atoms. The minimum Gasteiger partial charge on any atom is -0.330 e. The Kier molecular flexibility index (Phi) is 3.36. The molecule has 1 aliphatic carbocycles. The number of hydrogen-bond acceptors (Lipinski definition) is 2. The molecule has 0 amide bonds. The summed E-state index contributed by atoms with van der Waals surface area (Å²) in [5, 5.41) is 0. The van der Waals surface area contributed by atoms with Crippen LogP contribution in [0.1, 0.15) is 40.5 Å². The molecule has 1 aliphatic rings. The Morgan fingerprint density at radius 1 is 1.15 bits per heavy atom. The van der Waals surface area contributed by atoms with Gasteiger partial charge in [0.25, 0.3) is 0 Å². The van der Waals surface area contributed by atoms with Crippen molar-refractivity contribution in [3.8, 4) is 0 Å². The molecule has 0 unspecified atom stereocenters. The van der Waals surface area contributed by atoms with Gasteiger partial charge in [-0.2, -0.15) is 0 Å². The third kappa shape index (κ3) is 2.68. The van der Waals surface area contributed by atoms with Gasteiger partial charge in [0.1, 0.15) is 0 Å². The summed E-state index contributed by atoms with van der Waals surface area (Å²) >= 11 is 0. The summed E-state index contributed by atoms with van der Waals surface area (Å²) < 4.78 is 0. The van der Waals surface area contributed by atoms with Gasteiger partial charge in [-0.25, -0.2) is 0 Å². The zero-order valence-corrected chi connectivity index (χ0v) is 9.51. The van der Waals surface area contributed by atoms with E-state index < -0.39 is 0 Å². The summed E-state index contributed by atoms with van der Waals surface area (Å²) in [6, 6.07) is 1.29. The molecule has 0 spiro atoms. The van der Waals surface area contributed by atoms with Crippen LogP contribution in [0.2, 0.25) is 0 Å². The fourth-order valence-corrected chi connectivity index (χ4v) is 1.95. The maximum Gasteiger partial charge on any atom is 0.00555 e. The van der Waals surface area contributed by atoms with Gasteiger partial charge in [-0.3, -0.25) is 4.90 Å². The maximum atomic E-state index is 5.79. The smallest absolute Gasteiger partial charge is 0.00555 e. The number of rotatable bonds is 5. The lowest BCUT2D eigenvalue weighted by Crippen LogP contribution is -2.42. The van der Waals surface area contributed by atoms with Crippen molar-refractivity contribution in [3.05, 3.63) is 0 Å². The lowest BCUT2D eigenvalue weighted by atomic mass is 10.0. The van der Waals surface area contributed by atoms with E-state index in [9.17, 15) is 0 Å². The fraction of sp³-hybridized carbons (Fsp3) is 1.00. The monoisotopic (exact) mass is 184 g/mol. The third-order valence-electron chi connectivity index (χ3n) is 3.23. The molecule has 0 heterocycles. The Labute approximate surface area is 82.5 Å². The normalized spacial score (nSPS) is 20.3. The van der Waals surface area contributed by atoms with E-state index >= 15 is 0 Å². The van der Waals surface area contributed by atoms with Gasteiger partial charge >= 0.3 is 0 Å². The van der Waals surface area contributed by atoms with Crippen LogP contribution in [0.5, 0.6) is 0 Å². The topological polar surface area (TPSA) is 29.3 Å². The Hall–Kier alpha value is -0.0800. The van der Waals surface area contributed by atoms with Crippen molar-refractivity contribution >= 4 is 0 Å². The van der Waals surface area contributed by atoms with Crippen LogP contribution in [-0.2, 0) is 0 Å². The average molecular weight is 184 g/mol.